The zero-order chi connectivity index (χ0) is 13.7. The Balaban J connectivity index is 2.93. The van der Waals surface area contributed by atoms with Crippen LogP contribution < -0.4 is 5.32 Å². The van der Waals surface area contributed by atoms with Gasteiger partial charge in [-0.1, -0.05) is 6.92 Å². The molecule has 7 nitrogen and oxygen atoms in total. The number of amides is 1. The van der Waals surface area contributed by atoms with Gasteiger partial charge in [0.25, 0.3) is 11.6 Å². The molecular weight excluding hydrogens is 238 g/mol. The van der Waals surface area contributed by atoms with Crippen LogP contribution in [0.15, 0.2) is 12.3 Å². The van der Waals surface area contributed by atoms with Crippen molar-refractivity contribution in [3.63, 3.8) is 0 Å². The number of nitrogens with zero attached hydrogens (tertiary/aromatic N) is 2. The van der Waals surface area contributed by atoms with Gasteiger partial charge in [-0.3, -0.25) is 14.9 Å². The van der Waals surface area contributed by atoms with Gasteiger partial charge in [0.15, 0.2) is 0 Å². The first kappa shape index (κ1) is 14.2. The van der Waals surface area contributed by atoms with E-state index in [0.29, 0.717) is 13.0 Å². The second-order valence-electron chi connectivity index (χ2n) is 3.89. The van der Waals surface area contributed by atoms with Gasteiger partial charge in [0.05, 0.1) is 23.8 Å². The molecule has 0 aliphatic carbocycles. The maximum Gasteiger partial charge on any atom is 0.287 e. The largest absolute Gasteiger partial charge is 0.394 e. The van der Waals surface area contributed by atoms with Crippen molar-refractivity contribution in [3.8, 4) is 0 Å². The topological polar surface area (TPSA) is 97.4 Å². The molecule has 100 valence electrons. The highest BCUT2D eigenvalue weighted by molar-refractivity contribution is 5.93. The molecule has 1 rings (SSSR count). The van der Waals surface area contributed by atoms with E-state index in [1.54, 1.807) is 6.92 Å². The summed E-state index contributed by atoms with van der Waals surface area (Å²) in [5.41, 5.74) is 0.121. The van der Waals surface area contributed by atoms with Crippen LogP contribution in [0, 0.1) is 10.1 Å². The van der Waals surface area contributed by atoms with Gasteiger partial charge >= 0.3 is 0 Å². The molecule has 1 heterocycles. The van der Waals surface area contributed by atoms with E-state index in [-0.39, 0.29) is 24.0 Å². The molecule has 0 aliphatic heterocycles. The third-order valence-electron chi connectivity index (χ3n) is 2.71. The highest BCUT2D eigenvalue weighted by Crippen LogP contribution is 2.16. The minimum Gasteiger partial charge on any atom is -0.394 e. The van der Waals surface area contributed by atoms with Crippen LogP contribution in [0.4, 0.5) is 5.69 Å². The lowest BCUT2D eigenvalue weighted by atomic mass is 10.2. The minimum absolute atomic E-state index is 0.112. The zero-order valence-corrected chi connectivity index (χ0v) is 10.4. The Morgan fingerprint density at radius 1 is 1.61 bits per heavy atom. The number of aryl methyl sites for hydroxylation is 1. The van der Waals surface area contributed by atoms with Gasteiger partial charge in [0.2, 0.25) is 0 Å². The molecule has 0 saturated heterocycles. The average Bonchev–Trinajstić information content (AvgIpc) is 2.79. The Morgan fingerprint density at radius 2 is 2.28 bits per heavy atom. The zero-order valence-electron chi connectivity index (χ0n) is 10.4. The number of carbonyl (C=O) groups excluding carboxylic acids is 1. The number of nitro groups is 1. The molecule has 1 aromatic heterocycles. The smallest absolute Gasteiger partial charge is 0.287 e. The van der Waals surface area contributed by atoms with E-state index in [1.807, 2.05) is 6.92 Å². The number of rotatable bonds is 6. The standard InChI is InChI=1S/C11H17N3O4/c1-3-8(7-15)12-11(16)10-5-9(14(17)18)6-13(10)4-2/h5-6,8,15H,3-4,7H2,1-2H3,(H,12,16)/t8-/m0/s1. The average molecular weight is 255 g/mol. The van der Waals surface area contributed by atoms with E-state index >= 15 is 0 Å². The maximum atomic E-state index is 11.9. The summed E-state index contributed by atoms with van der Waals surface area (Å²) < 4.78 is 1.51. The molecule has 0 radical (unpaired) electrons. The van der Waals surface area contributed by atoms with Crippen LogP contribution in [0.1, 0.15) is 30.8 Å². The van der Waals surface area contributed by atoms with Gasteiger partial charge in [-0.05, 0) is 13.3 Å². The van der Waals surface area contributed by atoms with E-state index in [0.717, 1.165) is 0 Å². The lowest BCUT2D eigenvalue weighted by molar-refractivity contribution is -0.384. The van der Waals surface area contributed by atoms with E-state index in [1.165, 1.54) is 16.8 Å². The van der Waals surface area contributed by atoms with Crippen molar-refractivity contribution >= 4 is 11.6 Å². The first-order valence-electron chi connectivity index (χ1n) is 5.79. The Morgan fingerprint density at radius 3 is 2.72 bits per heavy atom. The van der Waals surface area contributed by atoms with E-state index in [2.05, 4.69) is 5.32 Å². The van der Waals surface area contributed by atoms with E-state index in [4.69, 9.17) is 5.11 Å². The molecule has 1 amide bonds. The van der Waals surface area contributed by atoms with Crippen molar-refractivity contribution in [2.45, 2.75) is 32.9 Å². The van der Waals surface area contributed by atoms with Gasteiger partial charge < -0.3 is 15.0 Å². The van der Waals surface area contributed by atoms with Crippen LogP contribution in [-0.2, 0) is 6.54 Å². The van der Waals surface area contributed by atoms with E-state index < -0.39 is 10.8 Å². The van der Waals surface area contributed by atoms with Crippen molar-refractivity contribution in [2.24, 2.45) is 0 Å². The summed E-state index contributed by atoms with van der Waals surface area (Å²) in [6, 6.07) is 0.903. The summed E-state index contributed by atoms with van der Waals surface area (Å²) in [6.45, 7) is 3.94. The third kappa shape index (κ3) is 3.07. The van der Waals surface area contributed by atoms with Crippen molar-refractivity contribution < 1.29 is 14.8 Å². The lowest BCUT2D eigenvalue weighted by Gasteiger charge is -2.14. The summed E-state index contributed by atoms with van der Waals surface area (Å²) in [5, 5.41) is 22.3. The maximum absolute atomic E-state index is 11.9. The molecule has 0 saturated carbocycles. The Labute approximate surface area is 105 Å². The Kier molecular flexibility index (Phi) is 4.85. The normalized spacial score (nSPS) is 12.2. The van der Waals surface area contributed by atoms with Gasteiger partial charge in [-0.25, -0.2) is 0 Å². The first-order valence-corrected chi connectivity index (χ1v) is 5.79. The number of carbonyl (C=O) groups is 1. The van der Waals surface area contributed by atoms with Crippen LogP contribution in [0.5, 0.6) is 0 Å². The van der Waals surface area contributed by atoms with Crippen LogP contribution >= 0.6 is 0 Å². The molecular formula is C11H17N3O4. The van der Waals surface area contributed by atoms with Gasteiger partial charge in [0.1, 0.15) is 5.69 Å². The van der Waals surface area contributed by atoms with Gasteiger partial charge in [0, 0.05) is 12.6 Å². The summed E-state index contributed by atoms with van der Waals surface area (Å²) in [7, 11) is 0. The molecule has 2 N–H and O–H groups in total. The molecule has 0 bridgehead atoms. The van der Waals surface area contributed by atoms with Crippen LogP contribution in [-0.4, -0.2) is 33.2 Å². The number of nitrogens with one attached hydrogen (secondary N) is 1. The highest BCUT2D eigenvalue weighted by atomic mass is 16.6. The number of aliphatic hydroxyl groups excluding tert-OH is 1. The van der Waals surface area contributed by atoms with Crippen molar-refractivity contribution in [1.82, 2.24) is 9.88 Å². The molecule has 1 atom stereocenters. The van der Waals surface area contributed by atoms with Crippen LogP contribution in [0.3, 0.4) is 0 Å². The second-order valence-corrected chi connectivity index (χ2v) is 3.89. The Bertz CT molecular complexity index is 437. The van der Waals surface area contributed by atoms with Gasteiger partial charge in [-0.15, -0.1) is 0 Å². The third-order valence-corrected chi connectivity index (χ3v) is 2.71. The molecule has 1 aromatic rings. The van der Waals surface area contributed by atoms with Crippen LogP contribution in [0.2, 0.25) is 0 Å². The number of aromatic nitrogens is 1. The molecule has 0 spiro atoms. The molecule has 0 aliphatic rings. The highest BCUT2D eigenvalue weighted by Gasteiger charge is 2.20. The fourth-order valence-electron chi connectivity index (χ4n) is 1.58. The summed E-state index contributed by atoms with van der Waals surface area (Å²) >= 11 is 0. The quantitative estimate of drug-likeness (QED) is 0.583. The fourth-order valence-corrected chi connectivity index (χ4v) is 1.58. The predicted octanol–water partition coefficient (Wildman–Crippen LogP) is 0.917. The summed E-state index contributed by atoms with van der Waals surface area (Å²) in [5.74, 6) is -0.411. The van der Waals surface area contributed by atoms with Gasteiger partial charge in [-0.2, -0.15) is 0 Å². The number of aliphatic hydroxyl groups is 1. The SMILES string of the molecule is CC[C@@H](CO)NC(=O)c1cc([N+](=O)[O-])cn1CC. The second kappa shape index (κ2) is 6.15. The number of hydrogen-bond acceptors (Lipinski definition) is 4. The van der Waals surface area contributed by atoms with E-state index in [9.17, 15) is 14.9 Å². The molecule has 0 aromatic carbocycles. The fraction of sp³-hybridized carbons (Fsp3) is 0.545. The van der Waals surface area contributed by atoms with Crippen molar-refractivity contribution in [2.75, 3.05) is 6.61 Å². The molecule has 0 fully saturated rings. The van der Waals surface area contributed by atoms with Crippen molar-refractivity contribution in [3.05, 3.63) is 28.1 Å². The molecule has 18 heavy (non-hydrogen) atoms. The van der Waals surface area contributed by atoms with Crippen LogP contribution in [0.25, 0.3) is 0 Å². The monoisotopic (exact) mass is 255 g/mol. The molecule has 7 heteroatoms. The van der Waals surface area contributed by atoms with Crippen molar-refractivity contribution in [1.29, 1.82) is 0 Å². The number of hydrogen-bond donors (Lipinski definition) is 2. The minimum atomic E-state index is -0.535. The predicted molar refractivity (Wildman–Crippen MR) is 65.4 cm³/mol. The lowest BCUT2D eigenvalue weighted by Crippen LogP contribution is -2.37. The Hall–Kier alpha value is -1.89. The molecule has 0 unspecified atom stereocenters. The summed E-state index contributed by atoms with van der Waals surface area (Å²) in [6.07, 6.45) is 1.92. The first-order chi connectivity index (χ1) is 8.53. The summed E-state index contributed by atoms with van der Waals surface area (Å²) in [4.78, 5) is 22.0.